The zero-order valence-electron chi connectivity index (χ0n) is 15.0. The van der Waals surface area contributed by atoms with Gasteiger partial charge in [0.15, 0.2) is 0 Å². The van der Waals surface area contributed by atoms with Gasteiger partial charge in [-0.25, -0.2) is 4.98 Å². The Morgan fingerprint density at radius 3 is 2.80 bits per heavy atom. The van der Waals surface area contributed by atoms with Crippen LogP contribution < -0.4 is 0 Å². The van der Waals surface area contributed by atoms with E-state index in [0.29, 0.717) is 11.6 Å². The first-order valence-corrected chi connectivity index (χ1v) is 8.79. The average Bonchev–Trinajstić information content (AvgIpc) is 2.99. The number of nitrogens with zero attached hydrogens (tertiary/aromatic N) is 3. The largest absolute Gasteiger partial charge is 0.320 e. The lowest BCUT2D eigenvalue weighted by atomic mass is 9.74. The van der Waals surface area contributed by atoms with Gasteiger partial charge in [-0.05, 0) is 24.1 Å². The van der Waals surface area contributed by atoms with Gasteiger partial charge < -0.3 is 9.47 Å². The smallest absolute Gasteiger partial charge is 0.299 e. The fourth-order valence-electron chi connectivity index (χ4n) is 3.24. The van der Waals surface area contributed by atoms with Gasteiger partial charge in [-0.1, -0.05) is 51.3 Å². The standard InChI is InChI=1S/C20H22ClN3O/c1-14(2)8-9-17(25)24-13-20(3,4)18(24)19-22-10-11-23(19)16-7-5-6-15(21)12-16/h5-7,10-12,14,18H,13H2,1-4H3. The van der Waals surface area contributed by atoms with Gasteiger partial charge in [0.25, 0.3) is 5.91 Å². The Morgan fingerprint density at radius 2 is 2.16 bits per heavy atom. The quantitative estimate of drug-likeness (QED) is 0.761. The summed E-state index contributed by atoms with van der Waals surface area (Å²) < 4.78 is 1.99. The van der Waals surface area contributed by atoms with Crippen molar-refractivity contribution in [1.82, 2.24) is 14.5 Å². The molecule has 0 radical (unpaired) electrons. The zero-order valence-corrected chi connectivity index (χ0v) is 15.7. The molecule has 1 unspecified atom stereocenters. The second-order valence-electron chi connectivity index (χ2n) is 7.38. The van der Waals surface area contributed by atoms with Crippen LogP contribution in [0.25, 0.3) is 5.69 Å². The second kappa shape index (κ2) is 6.57. The van der Waals surface area contributed by atoms with Crippen LogP contribution >= 0.6 is 11.6 Å². The number of amides is 1. The van der Waals surface area contributed by atoms with Crippen molar-refractivity contribution in [3.05, 3.63) is 47.5 Å². The number of aromatic nitrogens is 2. The Labute approximate surface area is 153 Å². The molecule has 130 valence electrons. The van der Waals surface area contributed by atoms with E-state index in [0.717, 1.165) is 11.5 Å². The first kappa shape index (κ1) is 17.6. The van der Waals surface area contributed by atoms with Crippen molar-refractivity contribution in [2.75, 3.05) is 6.54 Å². The predicted molar refractivity (Wildman–Crippen MR) is 99.4 cm³/mol. The fourth-order valence-corrected chi connectivity index (χ4v) is 3.43. The molecular weight excluding hydrogens is 334 g/mol. The highest BCUT2D eigenvalue weighted by Gasteiger charge is 2.50. The van der Waals surface area contributed by atoms with Crippen molar-refractivity contribution in [2.24, 2.45) is 11.3 Å². The van der Waals surface area contributed by atoms with Crippen molar-refractivity contribution in [2.45, 2.75) is 33.7 Å². The van der Waals surface area contributed by atoms with E-state index in [1.165, 1.54) is 0 Å². The number of rotatable bonds is 2. The first-order valence-electron chi connectivity index (χ1n) is 8.41. The molecular formula is C20H22ClN3O. The number of carbonyl (C=O) groups is 1. The minimum Gasteiger partial charge on any atom is -0.320 e. The molecule has 1 aromatic heterocycles. The lowest BCUT2D eigenvalue weighted by Crippen LogP contribution is -2.58. The number of benzene rings is 1. The molecule has 1 aliphatic rings. The van der Waals surface area contributed by atoms with Gasteiger partial charge >= 0.3 is 0 Å². The van der Waals surface area contributed by atoms with E-state index in [9.17, 15) is 4.79 Å². The third-order valence-corrected chi connectivity index (χ3v) is 4.59. The van der Waals surface area contributed by atoms with Gasteiger partial charge in [0.1, 0.15) is 5.82 Å². The summed E-state index contributed by atoms with van der Waals surface area (Å²) in [6, 6.07) is 7.50. The van der Waals surface area contributed by atoms with Crippen LogP contribution in [0.2, 0.25) is 5.02 Å². The third kappa shape index (κ3) is 3.43. The van der Waals surface area contributed by atoms with E-state index in [-0.39, 0.29) is 23.3 Å². The number of carbonyl (C=O) groups excluding carboxylic acids is 1. The highest BCUT2D eigenvalue weighted by molar-refractivity contribution is 6.30. The Balaban J connectivity index is 1.96. The minimum atomic E-state index is -0.140. The summed E-state index contributed by atoms with van der Waals surface area (Å²) in [5.74, 6) is 6.58. The Morgan fingerprint density at radius 1 is 1.40 bits per heavy atom. The summed E-state index contributed by atoms with van der Waals surface area (Å²) in [7, 11) is 0. The molecule has 25 heavy (non-hydrogen) atoms. The van der Waals surface area contributed by atoms with Crippen LogP contribution in [0.1, 0.15) is 39.6 Å². The Kier molecular flexibility index (Phi) is 4.62. The predicted octanol–water partition coefficient (Wildman–Crippen LogP) is 4.09. The Hall–Kier alpha value is -2.25. The van der Waals surface area contributed by atoms with Gasteiger partial charge in [0.2, 0.25) is 0 Å². The van der Waals surface area contributed by atoms with E-state index >= 15 is 0 Å². The molecule has 1 atom stereocenters. The van der Waals surface area contributed by atoms with Crippen LogP contribution in [-0.4, -0.2) is 26.9 Å². The minimum absolute atomic E-state index is 0.0587. The van der Waals surface area contributed by atoms with Gasteiger partial charge in [0, 0.05) is 41.0 Å². The van der Waals surface area contributed by atoms with Crippen molar-refractivity contribution in [1.29, 1.82) is 0 Å². The Bertz CT molecular complexity index is 857. The second-order valence-corrected chi connectivity index (χ2v) is 7.82. The van der Waals surface area contributed by atoms with E-state index < -0.39 is 0 Å². The highest BCUT2D eigenvalue weighted by atomic mass is 35.5. The van der Waals surface area contributed by atoms with E-state index in [1.807, 2.05) is 48.9 Å². The summed E-state index contributed by atoms with van der Waals surface area (Å²) in [5, 5.41) is 0.667. The van der Waals surface area contributed by atoms with Crippen molar-refractivity contribution in [3.8, 4) is 17.5 Å². The summed E-state index contributed by atoms with van der Waals surface area (Å²) in [4.78, 5) is 18.9. The average molecular weight is 356 g/mol. The lowest BCUT2D eigenvalue weighted by molar-refractivity contribution is -0.146. The van der Waals surface area contributed by atoms with Crippen LogP contribution in [0.5, 0.6) is 0 Å². The molecule has 4 nitrogen and oxygen atoms in total. The molecule has 2 aromatic rings. The zero-order chi connectivity index (χ0) is 18.2. The van der Waals surface area contributed by atoms with E-state index in [2.05, 4.69) is 30.7 Å². The number of hydrogen-bond acceptors (Lipinski definition) is 2. The van der Waals surface area contributed by atoms with Crippen molar-refractivity contribution in [3.63, 3.8) is 0 Å². The maximum atomic E-state index is 12.5. The van der Waals surface area contributed by atoms with Crippen LogP contribution in [0.3, 0.4) is 0 Å². The van der Waals surface area contributed by atoms with Crippen LogP contribution in [0.4, 0.5) is 0 Å². The van der Waals surface area contributed by atoms with Crippen LogP contribution in [-0.2, 0) is 4.79 Å². The number of hydrogen-bond donors (Lipinski definition) is 0. The number of likely N-dealkylation sites (tertiary alicyclic amines) is 1. The lowest BCUT2D eigenvalue weighted by Gasteiger charge is -2.52. The third-order valence-electron chi connectivity index (χ3n) is 4.36. The monoisotopic (exact) mass is 355 g/mol. The summed E-state index contributed by atoms with van der Waals surface area (Å²) >= 11 is 6.13. The normalized spacial score (nSPS) is 18.5. The van der Waals surface area contributed by atoms with E-state index in [4.69, 9.17) is 11.6 Å². The molecule has 1 amide bonds. The maximum absolute atomic E-state index is 12.5. The molecule has 5 heteroatoms. The molecule has 0 aliphatic carbocycles. The molecule has 0 saturated carbocycles. The maximum Gasteiger partial charge on any atom is 0.299 e. The molecule has 1 aromatic carbocycles. The number of halogens is 1. The fraction of sp³-hybridized carbons (Fsp3) is 0.400. The molecule has 2 heterocycles. The van der Waals surface area contributed by atoms with Crippen molar-refractivity contribution >= 4 is 17.5 Å². The molecule has 0 bridgehead atoms. The summed E-state index contributed by atoms with van der Waals surface area (Å²) in [6.07, 6.45) is 3.66. The molecule has 3 rings (SSSR count). The molecule has 0 N–H and O–H groups in total. The molecule has 1 aliphatic heterocycles. The summed E-state index contributed by atoms with van der Waals surface area (Å²) in [5.41, 5.74) is 0.875. The van der Waals surface area contributed by atoms with Crippen LogP contribution in [0.15, 0.2) is 36.7 Å². The molecule has 1 saturated heterocycles. The van der Waals surface area contributed by atoms with Crippen LogP contribution in [0, 0.1) is 23.2 Å². The molecule has 0 spiro atoms. The topological polar surface area (TPSA) is 38.1 Å². The van der Waals surface area contributed by atoms with Gasteiger partial charge in [-0.15, -0.1) is 0 Å². The van der Waals surface area contributed by atoms with Gasteiger partial charge in [-0.2, -0.15) is 0 Å². The highest BCUT2D eigenvalue weighted by Crippen LogP contribution is 2.48. The van der Waals surface area contributed by atoms with Crippen molar-refractivity contribution < 1.29 is 4.79 Å². The van der Waals surface area contributed by atoms with E-state index in [1.54, 1.807) is 11.1 Å². The van der Waals surface area contributed by atoms with Gasteiger partial charge in [0.05, 0.1) is 6.04 Å². The summed E-state index contributed by atoms with van der Waals surface area (Å²) in [6.45, 7) is 8.92. The SMILES string of the molecule is CC(C)C#CC(=O)N1CC(C)(C)C1c1nccn1-c1cccc(Cl)c1. The van der Waals surface area contributed by atoms with Gasteiger partial charge in [-0.3, -0.25) is 4.79 Å². The molecule has 1 fully saturated rings. The number of imidazole rings is 1. The first-order chi connectivity index (χ1) is 11.8.